The van der Waals surface area contributed by atoms with Crippen molar-refractivity contribution >= 4 is 32.8 Å². The van der Waals surface area contributed by atoms with E-state index in [9.17, 15) is 4.79 Å². The smallest absolute Gasteiger partial charge is 0.265 e. The van der Waals surface area contributed by atoms with Crippen LogP contribution >= 0.6 is 15.9 Å². The summed E-state index contributed by atoms with van der Waals surface area (Å²) in [6, 6.07) is 5.29. The van der Waals surface area contributed by atoms with Crippen molar-refractivity contribution in [3.05, 3.63) is 28.6 Å². The molecule has 1 aromatic heterocycles. The number of oxazole rings is 1. The minimum Gasteiger partial charge on any atom is -0.431 e. The first-order valence-electron chi connectivity index (χ1n) is 3.74. The van der Waals surface area contributed by atoms with Gasteiger partial charge in [-0.3, -0.25) is 4.79 Å². The maximum Gasteiger partial charge on any atom is 0.265 e. The van der Waals surface area contributed by atoms with Crippen LogP contribution in [-0.4, -0.2) is 10.8 Å². The fourth-order valence-corrected chi connectivity index (χ4v) is 1.56. The summed E-state index contributed by atoms with van der Waals surface area (Å²) in [7, 11) is 0. The van der Waals surface area contributed by atoms with Crippen LogP contribution in [0.3, 0.4) is 0 Å². The van der Waals surface area contributed by atoms with Crippen molar-refractivity contribution in [3.63, 3.8) is 0 Å². The lowest BCUT2D eigenvalue weighted by atomic mass is 10.1. The Bertz CT molecular complexity index is 475. The normalized spacial score (nSPS) is 10.6. The van der Waals surface area contributed by atoms with Gasteiger partial charge in [-0.1, -0.05) is 6.07 Å². The van der Waals surface area contributed by atoms with Gasteiger partial charge in [-0.05, 0) is 19.1 Å². The lowest BCUT2D eigenvalue weighted by Crippen LogP contribution is -1.92. The van der Waals surface area contributed by atoms with E-state index in [1.54, 1.807) is 18.2 Å². The first-order chi connectivity index (χ1) is 6.18. The fourth-order valence-electron chi connectivity index (χ4n) is 1.21. The Hall–Kier alpha value is -1.16. The zero-order valence-electron chi connectivity index (χ0n) is 6.87. The molecular formula is C9H6BrNO2. The molecule has 0 saturated carbocycles. The zero-order valence-corrected chi connectivity index (χ0v) is 8.46. The molecule has 0 radical (unpaired) electrons. The summed E-state index contributed by atoms with van der Waals surface area (Å²) < 4.78 is 5.21. The first-order valence-corrected chi connectivity index (χ1v) is 4.54. The molecular weight excluding hydrogens is 234 g/mol. The van der Waals surface area contributed by atoms with Gasteiger partial charge in [0.25, 0.3) is 4.80 Å². The van der Waals surface area contributed by atoms with E-state index in [1.165, 1.54) is 6.92 Å². The lowest BCUT2D eigenvalue weighted by Gasteiger charge is -1.93. The van der Waals surface area contributed by atoms with Crippen LogP contribution in [0.25, 0.3) is 11.1 Å². The van der Waals surface area contributed by atoms with Gasteiger partial charge in [-0.25, -0.2) is 4.98 Å². The molecule has 0 bridgehead atoms. The molecule has 0 aliphatic heterocycles. The third-order valence-corrected chi connectivity index (χ3v) is 2.11. The molecule has 2 aromatic rings. The van der Waals surface area contributed by atoms with Crippen LogP contribution < -0.4 is 0 Å². The Labute approximate surface area is 82.9 Å². The summed E-state index contributed by atoms with van der Waals surface area (Å²) >= 11 is 3.12. The first kappa shape index (κ1) is 8.44. The van der Waals surface area contributed by atoms with Gasteiger partial charge >= 0.3 is 0 Å². The van der Waals surface area contributed by atoms with Crippen LogP contribution in [0.15, 0.2) is 27.4 Å². The number of para-hydroxylation sites is 1. The van der Waals surface area contributed by atoms with E-state index in [0.717, 1.165) is 0 Å². The average Bonchev–Trinajstić information content (AvgIpc) is 2.43. The van der Waals surface area contributed by atoms with E-state index in [4.69, 9.17) is 4.42 Å². The van der Waals surface area contributed by atoms with Crippen LogP contribution in [0.2, 0.25) is 0 Å². The van der Waals surface area contributed by atoms with Gasteiger partial charge < -0.3 is 4.42 Å². The van der Waals surface area contributed by atoms with Crippen molar-refractivity contribution in [1.29, 1.82) is 0 Å². The number of carbonyl (C=O) groups excluding carboxylic acids is 1. The topological polar surface area (TPSA) is 43.1 Å². The van der Waals surface area contributed by atoms with E-state index in [1.807, 2.05) is 0 Å². The maximum atomic E-state index is 11.2. The number of ketones is 1. The number of halogens is 1. The van der Waals surface area contributed by atoms with Crippen molar-refractivity contribution in [1.82, 2.24) is 4.98 Å². The highest BCUT2D eigenvalue weighted by Gasteiger charge is 2.10. The Morgan fingerprint density at radius 2 is 2.31 bits per heavy atom. The van der Waals surface area contributed by atoms with Gasteiger partial charge in [0.1, 0.15) is 5.52 Å². The predicted octanol–water partition coefficient (Wildman–Crippen LogP) is 2.79. The van der Waals surface area contributed by atoms with Crippen LogP contribution in [-0.2, 0) is 0 Å². The Balaban J connectivity index is 2.82. The molecule has 0 aliphatic carbocycles. The highest BCUT2D eigenvalue weighted by Crippen LogP contribution is 2.22. The van der Waals surface area contributed by atoms with Crippen LogP contribution in [0.1, 0.15) is 17.3 Å². The van der Waals surface area contributed by atoms with Gasteiger partial charge in [-0.15, -0.1) is 0 Å². The predicted molar refractivity (Wildman–Crippen MR) is 51.7 cm³/mol. The van der Waals surface area contributed by atoms with Crippen molar-refractivity contribution in [2.45, 2.75) is 6.92 Å². The molecule has 4 heteroatoms. The van der Waals surface area contributed by atoms with Crippen LogP contribution in [0.5, 0.6) is 0 Å². The highest BCUT2D eigenvalue weighted by molar-refractivity contribution is 9.10. The summed E-state index contributed by atoms with van der Waals surface area (Å²) in [4.78, 5) is 15.6. The Morgan fingerprint density at radius 3 is 3.00 bits per heavy atom. The molecule has 0 saturated heterocycles. The van der Waals surface area contributed by atoms with Crippen molar-refractivity contribution in [3.8, 4) is 0 Å². The molecule has 0 aliphatic rings. The minimum atomic E-state index is -0.00796. The Kier molecular flexibility index (Phi) is 1.92. The second kappa shape index (κ2) is 2.96. The minimum absolute atomic E-state index is 0.00796. The molecule has 0 fully saturated rings. The molecule has 0 N–H and O–H groups in total. The van der Waals surface area contributed by atoms with E-state index in [-0.39, 0.29) is 5.78 Å². The maximum absolute atomic E-state index is 11.2. The quantitative estimate of drug-likeness (QED) is 0.719. The monoisotopic (exact) mass is 239 g/mol. The second-order valence-corrected chi connectivity index (χ2v) is 3.35. The number of Topliss-reactive ketones (excluding diaryl/α,β-unsaturated/α-hetero) is 1. The molecule has 0 amide bonds. The highest BCUT2D eigenvalue weighted by atomic mass is 79.9. The molecule has 1 aromatic carbocycles. The average molecular weight is 240 g/mol. The summed E-state index contributed by atoms with van der Waals surface area (Å²) in [6.45, 7) is 1.51. The molecule has 66 valence electrons. The Morgan fingerprint density at radius 1 is 1.54 bits per heavy atom. The third-order valence-electron chi connectivity index (χ3n) is 1.77. The van der Waals surface area contributed by atoms with Gasteiger partial charge in [-0.2, -0.15) is 0 Å². The number of benzene rings is 1. The van der Waals surface area contributed by atoms with Gasteiger partial charge in [0.15, 0.2) is 11.4 Å². The number of carbonyl (C=O) groups is 1. The summed E-state index contributed by atoms with van der Waals surface area (Å²) in [6.07, 6.45) is 0. The van der Waals surface area contributed by atoms with Gasteiger partial charge in [0.2, 0.25) is 0 Å². The van der Waals surface area contributed by atoms with Crippen molar-refractivity contribution in [2.24, 2.45) is 0 Å². The SMILES string of the molecule is CC(=O)c1cccc2oc(Br)nc12. The number of hydrogen-bond donors (Lipinski definition) is 0. The number of rotatable bonds is 1. The van der Waals surface area contributed by atoms with E-state index >= 15 is 0 Å². The third kappa shape index (κ3) is 1.37. The van der Waals surface area contributed by atoms with Crippen molar-refractivity contribution < 1.29 is 9.21 Å². The van der Waals surface area contributed by atoms with E-state index < -0.39 is 0 Å². The second-order valence-electron chi connectivity index (χ2n) is 2.68. The molecule has 13 heavy (non-hydrogen) atoms. The van der Waals surface area contributed by atoms with Gasteiger partial charge in [0.05, 0.1) is 0 Å². The van der Waals surface area contributed by atoms with E-state index in [0.29, 0.717) is 21.5 Å². The van der Waals surface area contributed by atoms with Crippen molar-refractivity contribution in [2.75, 3.05) is 0 Å². The molecule has 0 unspecified atom stereocenters. The fraction of sp³-hybridized carbons (Fsp3) is 0.111. The lowest BCUT2D eigenvalue weighted by molar-refractivity contribution is 0.101. The summed E-state index contributed by atoms with van der Waals surface area (Å²) in [5.41, 5.74) is 1.83. The molecule has 1 heterocycles. The summed E-state index contributed by atoms with van der Waals surface area (Å²) in [5.74, 6) is -0.00796. The van der Waals surface area contributed by atoms with Crippen LogP contribution in [0.4, 0.5) is 0 Å². The molecule has 0 spiro atoms. The molecule has 0 atom stereocenters. The summed E-state index contributed by atoms with van der Waals surface area (Å²) in [5, 5.41) is 0. The zero-order chi connectivity index (χ0) is 9.42. The van der Waals surface area contributed by atoms with Crippen LogP contribution in [0, 0.1) is 0 Å². The number of hydrogen-bond acceptors (Lipinski definition) is 3. The number of aromatic nitrogens is 1. The number of nitrogens with zero attached hydrogens (tertiary/aromatic N) is 1. The standard InChI is InChI=1S/C9H6BrNO2/c1-5(12)6-3-2-4-7-8(6)11-9(10)13-7/h2-4H,1H3. The number of fused-ring (bicyclic) bond motifs is 1. The molecule has 2 rings (SSSR count). The largest absolute Gasteiger partial charge is 0.431 e. The molecule has 3 nitrogen and oxygen atoms in total. The van der Waals surface area contributed by atoms with Gasteiger partial charge in [0, 0.05) is 21.5 Å². The van der Waals surface area contributed by atoms with E-state index in [2.05, 4.69) is 20.9 Å².